The molecule has 1 N–H and O–H groups in total. The normalized spacial score (nSPS) is 18.3. The Bertz CT molecular complexity index is 862. The molecule has 1 aliphatic rings. The van der Waals surface area contributed by atoms with Crippen molar-refractivity contribution >= 4 is 43.9 Å². The van der Waals surface area contributed by atoms with Crippen molar-refractivity contribution in [1.29, 1.82) is 0 Å². The summed E-state index contributed by atoms with van der Waals surface area (Å²) in [4.78, 5) is 20.2. The second-order valence-corrected chi connectivity index (χ2v) is 7.83. The van der Waals surface area contributed by atoms with Crippen molar-refractivity contribution in [3.05, 3.63) is 46.4 Å². The molecule has 1 fully saturated rings. The zero-order valence-electron chi connectivity index (χ0n) is 12.9. The van der Waals surface area contributed by atoms with Crippen LogP contribution in [0.1, 0.15) is 23.8 Å². The van der Waals surface area contributed by atoms with Crippen molar-refractivity contribution in [2.45, 2.75) is 18.9 Å². The molecule has 0 aliphatic carbocycles. The first-order valence-electron chi connectivity index (χ1n) is 7.82. The molecular formula is C17H16FN3OS2. The fourth-order valence-electron chi connectivity index (χ4n) is 3.11. The Morgan fingerprint density at radius 2 is 2.33 bits per heavy atom. The van der Waals surface area contributed by atoms with Crippen LogP contribution in [0.25, 0.3) is 10.2 Å². The van der Waals surface area contributed by atoms with Crippen LogP contribution in [0.2, 0.25) is 0 Å². The van der Waals surface area contributed by atoms with Gasteiger partial charge in [0.2, 0.25) is 5.91 Å². The average molecular weight is 361 g/mol. The first-order valence-corrected chi connectivity index (χ1v) is 9.52. The van der Waals surface area contributed by atoms with Crippen molar-refractivity contribution < 1.29 is 9.18 Å². The van der Waals surface area contributed by atoms with E-state index in [-0.39, 0.29) is 11.7 Å². The van der Waals surface area contributed by atoms with Crippen molar-refractivity contribution in [1.82, 2.24) is 9.88 Å². The second-order valence-electron chi connectivity index (χ2n) is 5.82. The molecule has 7 heteroatoms. The molecule has 1 aliphatic heterocycles. The number of aromatic nitrogens is 1. The SMILES string of the molecule is O=C(CN1CCCC1c1cccs1)Nc1nc2ccc(F)cc2s1. The monoisotopic (exact) mass is 361 g/mol. The molecule has 2 aromatic heterocycles. The Morgan fingerprint density at radius 3 is 3.17 bits per heavy atom. The topological polar surface area (TPSA) is 45.2 Å². The van der Waals surface area contributed by atoms with Crippen LogP contribution in [0.15, 0.2) is 35.7 Å². The highest BCUT2D eigenvalue weighted by Gasteiger charge is 2.28. The van der Waals surface area contributed by atoms with E-state index in [4.69, 9.17) is 0 Å². The number of rotatable bonds is 4. The zero-order valence-corrected chi connectivity index (χ0v) is 14.5. The summed E-state index contributed by atoms with van der Waals surface area (Å²) in [6.07, 6.45) is 2.20. The lowest BCUT2D eigenvalue weighted by atomic mass is 10.2. The molecule has 124 valence electrons. The summed E-state index contributed by atoms with van der Waals surface area (Å²) in [5, 5.41) is 5.45. The molecule has 24 heavy (non-hydrogen) atoms. The van der Waals surface area contributed by atoms with Crippen molar-refractivity contribution in [2.75, 3.05) is 18.4 Å². The van der Waals surface area contributed by atoms with Crippen LogP contribution in [0.4, 0.5) is 9.52 Å². The van der Waals surface area contributed by atoms with E-state index in [0.717, 1.165) is 24.1 Å². The Morgan fingerprint density at radius 1 is 1.42 bits per heavy atom. The fraction of sp³-hybridized carbons (Fsp3) is 0.294. The third-order valence-corrected chi connectivity index (χ3v) is 6.09. The lowest BCUT2D eigenvalue weighted by molar-refractivity contribution is -0.117. The molecule has 0 spiro atoms. The average Bonchev–Trinajstić information content (AvgIpc) is 3.25. The molecule has 1 atom stereocenters. The molecule has 1 unspecified atom stereocenters. The number of hydrogen-bond donors (Lipinski definition) is 1. The number of nitrogens with one attached hydrogen (secondary N) is 1. The van der Waals surface area contributed by atoms with Gasteiger partial charge in [-0.3, -0.25) is 9.69 Å². The van der Waals surface area contributed by atoms with E-state index in [1.54, 1.807) is 17.4 Å². The summed E-state index contributed by atoms with van der Waals surface area (Å²) in [5.74, 6) is -0.363. The summed E-state index contributed by atoms with van der Waals surface area (Å²) >= 11 is 3.04. The van der Waals surface area contributed by atoms with E-state index in [9.17, 15) is 9.18 Å². The fourth-order valence-corrected chi connectivity index (χ4v) is 4.92. The molecule has 0 bridgehead atoms. The minimum atomic E-state index is -0.292. The summed E-state index contributed by atoms with van der Waals surface area (Å²) in [5.41, 5.74) is 0.703. The Kier molecular flexibility index (Phi) is 4.30. The number of anilines is 1. The maximum Gasteiger partial charge on any atom is 0.240 e. The molecular weight excluding hydrogens is 345 g/mol. The molecule has 4 nitrogen and oxygen atoms in total. The van der Waals surface area contributed by atoms with Crippen molar-refractivity contribution in [3.63, 3.8) is 0 Å². The van der Waals surface area contributed by atoms with Crippen LogP contribution in [0.3, 0.4) is 0 Å². The summed E-state index contributed by atoms with van der Waals surface area (Å²) < 4.78 is 14.0. The number of amides is 1. The van der Waals surface area contributed by atoms with Gasteiger partial charge in [0.05, 0.1) is 16.8 Å². The predicted octanol–water partition coefficient (Wildman–Crippen LogP) is 4.27. The van der Waals surface area contributed by atoms with E-state index in [2.05, 4.69) is 32.7 Å². The van der Waals surface area contributed by atoms with Gasteiger partial charge in [0.15, 0.2) is 5.13 Å². The summed E-state index contributed by atoms with van der Waals surface area (Å²) in [7, 11) is 0. The van der Waals surface area contributed by atoms with E-state index < -0.39 is 0 Å². The Balaban J connectivity index is 1.44. The molecule has 4 rings (SSSR count). The van der Waals surface area contributed by atoms with Gasteiger partial charge in [-0.2, -0.15) is 0 Å². The van der Waals surface area contributed by atoms with Gasteiger partial charge in [-0.15, -0.1) is 11.3 Å². The number of hydrogen-bond acceptors (Lipinski definition) is 5. The highest BCUT2D eigenvalue weighted by atomic mass is 32.1. The smallest absolute Gasteiger partial charge is 0.240 e. The lowest BCUT2D eigenvalue weighted by Crippen LogP contribution is -2.32. The number of nitrogens with zero attached hydrogens (tertiary/aromatic N) is 2. The second kappa shape index (κ2) is 6.58. The molecule has 3 aromatic rings. The Labute approximate surface area is 146 Å². The molecule has 0 saturated carbocycles. The van der Waals surface area contributed by atoms with E-state index >= 15 is 0 Å². The van der Waals surface area contributed by atoms with Gasteiger partial charge in [-0.1, -0.05) is 17.4 Å². The standard InChI is InChI=1S/C17H16FN3OS2/c18-11-5-6-12-15(9-11)24-17(19-12)20-16(22)10-21-7-1-3-13(21)14-4-2-8-23-14/h2,4-6,8-9,13H,1,3,7,10H2,(H,19,20,22). The van der Waals surface area contributed by atoms with E-state index in [1.165, 1.54) is 28.3 Å². The molecule has 0 radical (unpaired) electrons. The highest BCUT2D eigenvalue weighted by Crippen LogP contribution is 2.34. The number of benzene rings is 1. The van der Waals surface area contributed by atoms with Gasteiger partial charge in [-0.05, 0) is 49.0 Å². The molecule has 1 saturated heterocycles. The van der Waals surface area contributed by atoms with E-state index in [0.29, 0.717) is 23.2 Å². The molecule has 3 heterocycles. The first kappa shape index (κ1) is 15.7. The number of halogens is 1. The van der Waals surface area contributed by atoms with Crippen molar-refractivity contribution in [3.8, 4) is 0 Å². The van der Waals surface area contributed by atoms with Gasteiger partial charge in [0.1, 0.15) is 5.82 Å². The maximum absolute atomic E-state index is 13.2. The minimum absolute atomic E-state index is 0.0713. The Hall–Kier alpha value is -1.83. The van der Waals surface area contributed by atoms with Crippen LogP contribution < -0.4 is 5.32 Å². The number of fused-ring (bicyclic) bond motifs is 1. The number of thiophene rings is 1. The zero-order chi connectivity index (χ0) is 16.5. The lowest BCUT2D eigenvalue weighted by Gasteiger charge is -2.22. The summed E-state index contributed by atoms with van der Waals surface area (Å²) in [6.45, 7) is 1.29. The van der Waals surface area contributed by atoms with Gasteiger partial charge in [0.25, 0.3) is 0 Å². The molecule has 1 amide bonds. The summed E-state index contributed by atoms with van der Waals surface area (Å²) in [6, 6.07) is 8.97. The number of likely N-dealkylation sites (tertiary alicyclic amines) is 1. The van der Waals surface area contributed by atoms with Gasteiger partial charge in [0, 0.05) is 10.9 Å². The van der Waals surface area contributed by atoms with Crippen LogP contribution in [-0.2, 0) is 4.79 Å². The van der Waals surface area contributed by atoms with Crippen LogP contribution in [0, 0.1) is 5.82 Å². The maximum atomic E-state index is 13.2. The third-order valence-electron chi connectivity index (χ3n) is 4.18. The quantitative estimate of drug-likeness (QED) is 0.755. The number of thiazole rings is 1. The van der Waals surface area contributed by atoms with Crippen LogP contribution >= 0.6 is 22.7 Å². The largest absolute Gasteiger partial charge is 0.301 e. The van der Waals surface area contributed by atoms with Gasteiger partial charge >= 0.3 is 0 Å². The minimum Gasteiger partial charge on any atom is -0.301 e. The first-order chi connectivity index (χ1) is 11.7. The number of carbonyl (C=O) groups is 1. The van der Waals surface area contributed by atoms with Gasteiger partial charge < -0.3 is 5.32 Å². The van der Waals surface area contributed by atoms with Crippen molar-refractivity contribution in [2.24, 2.45) is 0 Å². The molecule has 1 aromatic carbocycles. The third kappa shape index (κ3) is 3.19. The van der Waals surface area contributed by atoms with Gasteiger partial charge in [-0.25, -0.2) is 9.37 Å². The van der Waals surface area contributed by atoms with E-state index in [1.807, 2.05) is 0 Å². The predicted molar refractivity (Wildman–Crippen MR) is 96.1 cm³/mol. The number of carbonyl (C=O) groups excluding carboxylic acids is 1. The van der Waals surface area contributed by atoms with Crippen LogP contribution in [0.5, 0.6) is 0 Å². The highest BCUT2D eigenvalue weighted by molar-refractivity contribution is 7.22. The van der Waals surface area contributed by atoms with Crippen LogP contribution in [-0.4, -0.2) is 28.9 Å².